The van der Waals surface area contributed by atoms with E-state index in [9.17, 15) is 71.7 Å². The minimum atomic E-state index is -5.71. The summed E-state index contributed by atoms with van der Waals surface area (Å²) in [5.41, 5.74) is 1.79. The van der Waals surface area contributed by atoms with Gasteiger partial charge in [0.2, 0.25) is 11.6 Å². The quantitative estimate of drug-likeness (QED) is 0.0355. The van der Waals surface area contributed by atoms with E-state index in [1.807, 2.05) is 6.07 Å². The van der Waals surface area contributed by atoms with Crippen molar-refractivity contribution in [1.29, 1.82) is 0 Å². The Hall–Kier alpha value is -2.06. The van der Waals surface area contributed by atoms with Crippen LogP contribution in [0.25, 0.3) is 23.3 Å². The van der Waals surface area contributed by atoms with Crippen LogP contribution in [-0.2, 0) is 74.6 Å². The van der Waals surface area contributed by atoms with Gasteiger partial charge in [0.25, 0.3) is 0 Å². The maximum absolute atomic E-state index is 13.4. The average molecular weight is 1150 g/mol. The summed E-state index contributed by atoms with van der Waals surface area (Å²) >= 11 is 0. The maximum atomic E-state index is 13.4. The van der Waals surface area contributed by atoms with Crippen molar-refractivity contribution in [3.63, 3.8) is 0 Å². The normalized spacial score (nSPS) is 14.3. The number of nitrogens with zero attached hydrogens (tertiary/aromatic N) is 2. The first-order valence-corrected chi connectivity index (χ1v) is 22.9. The summed E-state index contributed by atoms with van der Waals surface area (Å²) in [6.07, 6.45) is 1.35. The number of benzene rings is 5. The zero-order chi connectivity index (χ0) is 45.8. The number of hydrogen-bond donors (Lipinski definition) is 5. The summed E-state index contributed by atoms with van der Waals surface area (Å²) in [6, 6.07) is 21.2. The van der Waals surface area contributed by atoms with Gasteiger partial charge in [0.15, 0.2) is 0 Å². The Morgan fingerprint density at radius 1 is 0.493 bits per heavy atom. The Bertz CT molecular complexity index is 3460. The van der Waals surface area contributed by atoms with Crippen molar-refractivity contribution in [2.75, 3.05) is 16.2 Å². The van der Waals surface area contributed by atoms with Crippen LogP contribution in [0.4, 0.5) is 22.7 Å². The number of aromatic hydroxyl groups is 2. The van der Waals surface area contributed by atoms with Crippen LogP contribution < -0.4 is 134 Å². The van der Waals surface area contributed by atoms with Crippen LogP contribution in [0.15, 0.2) is 127 Å². The number of nitrogens with one attached hydrogen (secondary N) is 3. The molecule has 0 spiro atoms. The van der Waals surface area contributed by atoms with Gasteiger partial charge >= 0.3 is 118 Å². The standard InChI is InChI=1S/C38H27N5O16S4.2Cu.4Na/c44-29-14-19(6-10-27(29)40-42-35-32(62(54,55)56)16-21-12-24(8-9-26(21)37(35)46)39-23-4-2-1-3-5-23)20-7-11-28(30(45)15-20)41-43-36-33(63(57,58)59)17-22-13-25(60(48,49)50)18-31(61(51,52)53)34(22)38(36)47;;;;;;/h1-18,39-41,44-45H,(H,48,49,50)(H,51,52,53)(H,54,55,56)(H,57,58,59);;;;;;/q;;;4*+1/p-4/b42-35+,43-36+;;;;;;. The number of hydrogen-bond acceptors (Lipinski definition) is 21. The number of fused-ring (bicyclic) bond motifs is 2. The number of para-hydroxylation sites is 1. The molecule has 0 amide bonds. The summed E-state index contributed by atoms with van der Waals surface area (Å²) in [4.78, 5) is 21.7. The molecular formula is C38H23Cu2N5Na4O16S4. The first-order valence-electron chi connectivity index (χ1n) is 17.3. The second kappa shape index (κ2) is 25.3. The van der Waals surface area contributed by atoms with Crippen molar-refractivity contribution < 1.29 is 224 Å². The van der Waals surface area contributed by atoms with Crippen molar-refractivity contribution in [2.24, 2.45) is 10.2 Å². The smallest absolute Gasteiger partial charge is 0.744 e. The van der Waals surface area contributed by atoms with E-state index in [1.54, 1.807) is 30.3 Å². The Kier molecular flexibility index (Phi) is 23.8. The molecule has 0 saturated carbocycles. The number of rotatable bonds is 11. The summed E-state index contributed by atoms with van der Waals surface area (Å²) in [6.45, 7) is 0. The number of phenolic OH excluding ortho intramolecular Hbond substituents is 2. The molecule has 0 atom stereocenters. The Morgan fingerprint density at radius 3 is 1.42 bits per heavy atom. The van der Waals surface area contributed by atoms with Crippen LogP contribution in [0.2, 0.25) is 0 Å². The van der Waals surface area contributed by atoms with Crippen molar-refractivity contribution in [1.82, 2.24) is 0 Å². The van der Waals surface area contributed by atoms with Crippen molar-refractivity contribution in [2.45, 2.75) is 9.79 Å². The number of carbonyl (C=O) groups excluding carboxylic acids is 2. The third-order valence-electron chi connectivity index (χ3n) is 9.16. The van der Waals surface area contributed by atoms with Gasteiger partial charge in [-0.05, 0) is 101 Å². The molecule has 346 valence electrons. The van der Waals surface area contributed by atoms with E-state index >= 15 is 0 Å². The maximum Gasteiger partial charge on any atom is 1.00 e. The van der Waals surface area contributed by atoms with Gasteiger partial charge in [-0.15, -0.1) is 0 Å². The molecule has 21 nitrogen and oxygen atoms in total. The topological polar surface area (TPSA) is 364 Å². The van der Waals surface area contributed by atoms with Gasteiger partial charge in [-0.25, -0.2) is 33.7 Å². The van der Waals surface area contributed by atoms with Crippen molar-refractivity contribution in [3.8, 4) is 22.6 Å². The zero-order valence-corrected chi connectivity index (χ0v) is 48.8. The van der Waals surface area contributed by atoms with E-state index in [-0.39, 0.29) is 192 Å². The fourth-order valence-corrected chi connectivity index (χ4v) is 8.92. The molecule has 0 saturated heterocycles. The van der Waals surface area contributed by atoms with Crippen LogP contribution in [-0.4, -0.2) is 85.1 Å². The Balaban J connectivity index is 0.00000397. The number of anilines is 4. The van der Waals surface area contributed by atoms with Crippen LogP contribution in [0.5, 0.6) is 11.5 Å². The molecule has 2 radical (unpaired) electrons. The van der Waals surface area contributed by atoms with E-state index in [1.165, 1.54) is 30.3 Å². The molecule has 0 fully saturated rings. The third-order valence-corrected chi connectivity index (χ3v) is 12.5. The van der Waals surface area contributed by atoms with Gasteiger partial charge in [-0.2, -0.15) is 10.2 Å². The largest absolute Gasteiger partial charge is 1.00 e. The molecule has 0 heterocycles. The van der Waals surface area contributed by atoms with Gasteiger partial charge in [0, 0.05) is 56.6 Å². The molecule has 31 heteroatoms. The fraction of sp³-hybridized carbons (Fsp3) is 0. The minimum Gasteiger partial charge on any atom is -0.744 e. The molecule has 0 aromatic heterocycles. The first kappa shape index (κ1) is 65.0. The third kappa shape index (κ3) is 14.8. The molecular weight excluding hydrogens is 1130 g/mol. The van der Waals surface area contributed by atoms with E-state index in [0.717, 1.165) is 24.3 Å². The number of allylic oxidation sites excluding steroid dienone is 2. The van der Waals surface area contributed by atoms with Crippen LogP contribution in [0.3, 0.4) is 0 Å². The fourth-order valence-electron chi connectivity index (χ4n) is 6.29. The minimum absolute atomic E-state index is 0. The molecule has 5 aromatic carbocycles. The van der Waals surface area contributed by atoms with Crippen molar-refractivity contribution in [3.05, 3.63) is 129 Å². The molecule has 2 aliphatic carbocycles. The number of ketones is 2. The van der Waals surface area contributed by atoms with E-state index < -0.39 is 106 Å². The van der Waals surface area contributed by atoms with Gasteiger partial charge < -0.3 is 33.7 Å². The Morgan fingerprint density at radius 2 is 0.971 bits per heavy atom. The van der Waals surface area contributed by atoms with Crippen LogP contribution in [0, 0.1) is 0 Å². The molecule has 7 rings (SSSR count). The van der Waals surface area contributed by atoms with E-state index in [0.29, 0.717) is 23.5 Å². The number of hydrazone groups is 2. The van der Waals surface area contributed by atoms with Gasteiger partial charge in [0.1, 0.15) is 63.4 Å². The molecule has 69 heavy (non-hydrogen) atoms. The molecule has 5 aromatic rings. The second-order valence-corrected chi connectivity index (χ2v) is 18.7. The molecule has 2 aliphatic rings. The summed E-state index contributed by atoms with van der Waals surface area (Å²) in [5, 5.41) is 32.1. The Labute approximate surface area is 503 Å². The predicted octanol–water partition coefficient (Wildman–Crippen LogP) is -8.57. The first-order chi connectivity index (χ1) is 29.4. The van der Waals surface area contributed by atoms with E-state index in [4.69, 9.17) is 0 Å². The van der Waals surface area contributed by atoms with E-state index in [2.05, 4.69) is 26.4 Å². The number of phenols is 2. The summed E-state index contributed by atoms with van der Waals surface area (Å²) in [5.74, 6) is -3.73. The SMILES string of the molecule is O=C1/C(=N/Nc2ccc(-c3ccc(N/N=C4/C(=O)c5c(cc(S(=O)(=O)[O-])cc5S(=O)(=O)[O-])C=C4S(=O)(=O)[O-])c(O)c3)cc2O)C(S(=O)(=O)[O-])=Cc2cc(Nc3ccccc3)ccc21.[Cu].[Cu].[Na+].[Na+].[Na+].[Na+]. The van der Waals surface area contributed by atoms with Crippen LogP contribution >= 0.6 is 0 Å². The van der Waals surface area contributed by atoms with Gasteiger partial charge in [-0.3, -0.25) is 20.4 Å². The monoisotopic (exact) mass is 1150 g/mol. The zero-order valence-electron chi connectivity index (χ0n) is 35.6. The number of carbonyl (C=O) groups is 2. The predicted molar refractivity (Wildman–Crippen MR) is 220 cm³/mol. The van der Waals surface area contributed by atoms with Crippen molar-refractivity contribution >= 4 is 98.4 Å². The molecule has 0 aliphatic heterocycles. The second-order valence-electron chi connectivity index (χ2n) is 13.3. The summed E-state index contributed by atoms with van der Waals surface area (Å²) in [7, 11) is -22.1. The molecule has 0 unspecified atom stereocenters. The van der Waals surface area contributed by atoms with Crippen LogP contribution in [0.1, 0.15) is 31.8 Å². The molecule has 0 bridgehead atoms. The van der Waals surface area contributed by atoms with Gasteiger partial charge in [-0.1, -0.05) is 30.3 Å². The number of Topliss-reactive ketones (excluding diaryl/α,β-unsaturated/α-hetero) is 2. The van der Waals surface area contributed by atoms with Gasteiger partial charge in [0.05, 0.1) is 31.0 Å². The summed E-state index contributed by atoms with van der Waals surface area (Å²) < 4.78 is 144. The average Bonchev–Trinajstić information content (AvgIpc) is 3.19. The molecule has 5 N–H and O–H groups in total.